The number of ether oxygens (including phenoxy) is 3. The monoisotopic (exact) mass is 1540 g/mol. The molecule has 0 aliphatic carbocycles. The van der Waals surface area contributed by atoms with Gasteiger partial charge in [-0.2, -0.15) is 0 Å². The zero-order valence-electron chi connectivity index (χ0n) is 75.3. The number of rotatable bonds is 81. The molecule has 0 aromatic rings. The van der Waals surface area contributed by atoms with Gasteiger partial charge >= 0.3 is 25.7 Å². The van der Waals surface area contributed by atoms with Crippen LogP contribution in [-0.2, 0) is 46.7 Å². The molecule has 0 bridgehead atoms. The molecule has 0 aliphatic rings. The van der Waals surface area contributed by atoms with Crippen molar-refractivity contribution in [1.29, 1.82) is 0 Å². The summed E-state index contributed by atoms with van der Waals surface area (Å²) in [5, 5.41) is 0. The number of carbonyl (C=O) groups excluding carboxylic acids is 3. The number of hydrogen-bond acceptors (Lipinski definition) is 10. The first-order valence-electron chi connectivity index (χ1n) is 47.3. The van der Waals surface area contributed by atoms with Gasteiger partial charge in [-0.15, -0.1) is 0 Å². The van der Waals surface area contributed by atoms with E-state index in [-0.39, 0.29) is 37.2 Å². The highest BCUT2D eigenvalue weighted by molar-refractivity contribution is 7.48. The van der Waals surface area contributed by atoms with Crippen LogP contribution in [0.2, 0.25) is 0 Å². The van der Waals surface area contributed by atoms with Gasteiger partial charge in [0, 0.05) is 41.5 Å². The second kappa shape index (κ2) is 65.6. The second-order valence-corrected chi connectivity index (χ2v) is 36.1. The number of unbranched alkanes of at least 4 members (excludes halogenated alkanes) is 39. The number of nitrogens with zero attached hydrogens (tertiary/aromatic N) is 3. The summed E-state index contributed by atoms with van der Waals surface area (Å²) in [6.45, 7) is 44.8. The molecule has 0 heterocycles. The minimum absolute atomic E-state index is 0.289. The molecule has 0 aliphatic heterocycles. The van der Waals surface area contributed by atoms with Gasteiger partial charge in [0.1, 0.15) is 18.3 Å². The molecule has 0 aromatic heterocycles. The topological polar surface area (TPSA) is 124 Å². The van der Waals surface area contributed by atoms with Crippen LogP contribution >= 0.6 is 7.82 Å². The molecule has 0 rings (SSSR count). The molecule has 107 heavy (non-hydrogen) atoms. The molecule has 13 nitrogen and oxygen atoms in total. The Morgan fingerprint density at radius 2 is 0.383 bits per heavy atom. The van der Waals surface area contributed by atoms with E-state index in [9.17, 15) is 14.4 Å². The molecule has 0 saturated heterocycles. The van der Waals surface area contributed by atoms with E-state index in [0.29, 0.717) is 32.7 Å². The highest BCUT2D eigenvalue weighted by atomic mass is 31.2. The maximum Gasteiger partial charge on any atom is 0.489 e. The molecular weight excluding hydrogens is 1350 g/mol. The smallest absolute Gasteiger partial charge is 0.462 e. The van der Waals surface area contributed by atoms with E-state index < -0.39 is 43.3 Å². The first-order chi connectivity index (χ1) is 51.5. The third-order valence-corrected chi connectivity index (χ3v) is 26.1. The van der Waals surface area contributed by atoms with Gasteiger partial charge in [-0.1, -0.05) is 333 Å². The van der Waals surface area contributed by atoms with Crippen LogP contribution in [0.25, 0.3) is 0 Å². The van der Waals surface area contributed by atoms with Crippen molar-refractivity contribution in [2.24, 2.45) is 0 Å². The number of esters is 3. The Labute approximate surface area is 667 Å². The van der Waals surface area contributed by atoms with Crippen LogP contribution < -0.4 is 0 Å². The van der Waals surface area contributed by atoms with Gasteiger partial charge in [0.2, 0.25) is 17.2 Å². The highest BCUT2D eigenvalue weighted by Crippen LogP contribution is 2.64. The third-order valence-electron chi connectivity index (χ3n) is 24.3. The molecule has 0 saturated carbocycles. The van der Waals surface area contributed by atoms with Gasteiger partial charge in [0.15, 0.2) is 0 Å². The fraction of sp³-hybridized carbons (Fsp3) is 0.968. The van der Waals surface area contributed by atoms with E-state index in [0.717, 1.165) is 174 Å². The summed E-state index contributed by atoms with van der Waals surface area (Å²) in [7, 11) is -5.01. The average Bonchev–Trinajstić information content (AvgIpc) is 0.729. The number of phosphoric acid groups is 1. The van der Waals surface area contributed by atoms with Crippen LogP contribution in [0.3, 0.4) is 0 Å². The van der Waals surface area contributed by atoms with Crippen LogP contribution in [0.5, 0.6) is 0 Å². The van der Waals surface area contributed by atoms with Crippen LogP contribution in [0, 0.1) is 0 Å². The van der Waals surface area contributed by atoms with Crippen molar-refractivity contribution in [3.63, 3.8) is 0 Å². The van der Waals surface area contributed by atoms with Crippen LogP contribution in [0.1, 0.15) is 491 Å². The van der Waals surface area contributed by atoms with E-state index in [1.807, 2.05) is 0 Å². The Morgan fingerprint density at radius 1 is 0.243 bits per heavy atom. The Balaban J connectivity index is 8.72. The normalized spacial score (nSPS) is 15.5. The largest absolute Gasteiger partial charge is 0.489 e. The average molecular weight is 1540 g/mol. The van der Waals surface area contributed by atoms with E-state index >= 15 is 4.57 Å². The molecule has 638 valence electrons. The van der Waals surface area contributed by atoms with Gasteiger partial charge < -0.3 is 14.2 Å². The van der Waals surface area contributed by atoms with E-state index in [1.165, 1.54) is 233 Å². The minimum atomic E-state index is -5.01. The lowest BCUT2D eigenvalue weighted by Crippen LogP contribution is -2.69. The molecule has 0 fully saturated rings. The number of phosphoric ester groups is 1. The van der Waals surface area contributed by atoms with Gasteiger partial charge in [0.25, 0.3) is 0 Å². The predicted molar refractivity (Wildman–Crippen MR) is 459 cm³/mol. The maximum atomic E-state index is 18.7. The Bertz CT molecular complexity index is 1850. The lowest BCUT2D eigenvalue weighted by Gasteiger charge is -2.56. The van der Waals surface area contributed by atoms with Gasteiger partial charge in [0.05, 0.1) is 78.2 Å². The summed E-state index contributed by atoms with van der Waals surface area (Å²) in [5.41, 5.74) is -3.85. The SMILES string of the molecule is CCCCCCCCCCCCCCCCC(CC(C)(OP(=O)(OC(C)(CC(CCCCCCCCCCCCCCCC)OC(C)=O)[N+](CCC)(CCC)CCC)OC(C)(CC(CCCCCCCCCCCCCCCC)OC(C)=O)[N+](CCC)(CCC)CCC)[N+](CCC)(CCC)CCC)OC(C)=O. The van der Waals surface area contributed by atoms with Crippen LogP contribution in [0.4, 0.5) is 0 Å². The van der Waals surface area contributed by atoms with E-state index in [1.54, 1.807) is 0 Å². The first kappa shape index (κ1) is 105. The molecule has 0 spiro atoms. The molecule has 0 radical (unpaired) electrons. The van der Waals surface area contributed by atoms with Crippen molar-refractivity contribution in [2.75, 3.05) is 58.9 Å². The number of hydrogen-bond donors (Lipinski definition) is 0. The summed E-state index contributed by atoms with van der Waals surface area (Å²) < 4.78 is 64.5. The van der Waals surface area contributed by atoms with Crippen molar-refractivity contribution in [3.8, 4) is 0 Å². The summed E-state index contributed by atoms with van der Waals surface area (Å²) in [6.07, 6.45) is 61.5. The van der Waals surface area contributed by atoms with Crippen molar-refractivity contribution in [3.05, 3.63) is 0 Å². The fourth-order valence-electron chi connectivity index (χ4n) is 19.0. The summed E-state index contributed by atoms with van der Waals surface area (Å²) in [6, 6.07) is 0. The Hall–Kier alpha value is -1.60. The second-order valence-electron chi connectivity index (χ2n) is 34.7. The summed E-state index contributed by atoms with van der Waals surface area (Å²) in [4.78, 5) is 41.1. The maximum absolute atomic E-state index is 18.7. The van der Waals surface area contributed by atoms with Crippen molar-refractivity contribution in [1.82, 2.24) is 0 Å². The standard InChI is InChI=1S/C93H189N3O10P/c1-19-31-34-37-40-43-46-49-52-55-58-61-64-67-70-88(101-85(13)97)82-91(16,94(73-22-4,74-23-5)75-24-6)104-107(100,105-92(17,95(76-25-7,77-26-8)78-27-9)83-89(102-86(14)98)71-68-65-62-59-56-53-50-47-44-41-38-35-32-20-2)106-93(18,96(79-28-10,80-29-11)81-30-12)84-90(103-87(15)99)72-69-66-63-60-57-54-51-48-45-42-39-36-33-21-3/h88-90H,19-84H2,1-18H3/q+3. The van der Waals surface area contributed by atoms with Gasteiger partial charge in [-0.3, -0.25) is 27.8 Å². The van der Waals surface area contributed by atoms with E-state index in [4.69, 9.17) is 27.8 Å². The molecule has 0 amide bonds. The molecule has 0 aromatic carbocycles. The quantitative estimate of drug-likeness (QED) is 0.0145. The lowest BCUT2D eigenvalue weighted by atomic mass is 9.96. The highest BCUT2D eigenvalue weighted by Gasteiger charge is 2.63. The summed E-state index contributed by atoms with van der Waals surface area (Å²) in [5.74, 6) is -0.985. The predicted octanol–water partition coefficient (Wildman–Crippen LogP) is 29.0. The first-order valence-corrected chi connectivity index (χ1v) is 48.7. The van der Waals surface area contributed by atoms with Crippen LogP contribution in [0.15, 0.2) is 0 Å². The molecule has 6 unspecified atom stereocenters. The lowest BCUT2D eigenvalue weighted by molar-refractivity contribution is -1.00. The molecule has 6 atom stereocenters. The third kappa shape index (κ3) is 45.9. The molecular formula is C93H189N3O10P+3. The fourth-order valence-corrected chi connectivity index (χ4v) is 21.3. The number of quaternary nitrogens is 3. The van der Waals surface area contributed by atoms with Gasteiger partial charge in [-0.25, -0.2) is 18.1 Å². The zero-order chi connectivity index (χ0) is 79.9. The molecule has 14 heteroatoms. The van der Waals surface area contributed by atoms with Crippen molar-refractivity contribution in [2.45, 2.75) is 526 Å². The zero-order valence-corrected chi connectivity index (χ0v) is 76.2. The van der Waals surface area contributed by atoms with Crippen molar-refractivity contribution < 1.29 is 60.2 Å². The van der Waals surface area contributed by atoms with Crippen LogP contribution in [-0.4, -0.2) is 126 Å². The Morgan fingerprint density at radius 3 is 0.514 bits per heavy atom. The van der Waals surface area contributed by atoms with Crippen molar-refractivity contribution >= 4 is 25.7 Å². The Kier molecular flexibility index (Phi) is 64.7. The minimum Gasteiger partial charge on any atom is -0.462 e. The van der Waals surface area contributed by atoms with Gasteiger partial charge in [-0.05, 0) is 96.3 Å². The number of carbonyl (C=O) groups is 3. The van der Waals surface area contributed by atoms with E-state index in [2.05, 4.69) is 104 Å². The molecule has 0 N–H and O–H groups in total. The summed E-state index contributed by atoms with van der Waals surface area (Å²) >= 11 is 0.